The molecule has 1 fully saturated rings. The lowest BCUT2D eigenvalue weighted by molar-refractivity contribution is -0.385. The number of carbonyl (C=O) groups excluding carboxylic acids is 1. The van der Waals surface area contributed by atoms with Gasteiger partial charge in [-0.2, -0.15) is 0 Å². The van der Waals surface area contributed by atoms with Gasteiger partial charge in [0.15, 0.2) is 0 Å². The fraction of sp³-hybridized carbons (Fsp3) is 0.462. The highest BCUT2D eigenvalue weighted by Gasteiger charge is 2.33. The molecule has 6 nitrogen and oxygen atoms in total. The third kappa shape index (κ3) is 3.08. The van der Waals surface area contributed by atoms with Gasteiger partial charge in [0, 0.05) is 24.2 Å². The molecule has 0 unspecified atom stereocenters. The summed E-state index contributed by atoms with van der Waals surface area (Å²) < 4.78 is 5.53. The summed E-state index contributed by atoms with van der Waals surface area (Å²) in [5, 5.41) is 11.3. The van der Waals surface area contributed by atoms with Crippen LogP contribution in [0.3, 0.4) is 0 Å². The Kier molecular flexibility index (Phi) is 3.96. The molecule has 0 atom stereocenters. The topological polar surface area (TPSA) is 72.7 Å². The second kappa shape index (κ2) is 5.38. The minimum absolute atomic E-state index is 0.0141. The number of carbonyl (C=O) groups is 1. The number of hydrogen-bond acceptors (Lipinski definition) is 4. The molecule has 0 radical (unpaired) electrons. The Labute approximate surface area is 121 Å². The number of nitrogens with zero attached hydrogens (tertiary/aromatic N) is 2. The van der Waals surface area contributed by atoms with Gasteiger partial charge in [-0.1, -0.05) is 11.6 Å². The second-order valence-electron chi connectivity index (χ2n) is 5.25. The molecule has 1 aliphatic heterocycles. The van der Waals surface area contributed by atoms with Crippen molar-refractivity contribution in [2.75, 3.05) is 19.7 Å². The molecule has 1 saturated heterocycles. The first-order valence-corrected chi connectivity index (χ1v) is 6.55. The lowest BCUT2D eigenvalue weighted by atomic mass is 10.1. The SMILES string of the molecule is CC1(C)CN(C(=O)c2cc(Cl)ccc2[N+](=O)[O-])CCO1. The summed E-state index contributed by atoms with van der Waals surface area (Å²) in [6.45, 7) is 4.95. The normalized spacial score (nSPS) is 17.9. The molecule has 7 heteroatoms. The number of hydrogen-bond donors (Lipinski definition) is 0. The molecular formula is C13H15ClN2O4. The van der Waals surface area contributed by atoms with Gasteiger partial charge < -0.3 is 9.64 Å². The number of benzene rings is 1. The predicted molar refractivity (Wildman–Crippen MR) is 74.0 cm³/mol. The van der Waals surface area contributed by atoms with E-state index in [-0.39, 0.29) is 11.3 Å². The Hall–Kier alpha value is -1.66. The smallest absolute Gasteiger partial charge is 0.282 e. The zero-order chi connectivity index (χ0) is 14.9. The average Bonchev–Trinajstić information content (AvgIpc) is 2.36. The lowest BCUT2D eigenvalue weighted by Gasteiger charge is -2.38. The van der Waals surface area contributed by atoms with E-state index >= 15 is 0 Å². The molecule has 0 saturated carbocycles. The molecule has 1 aliphatic rings. The summed E-state index contributed by atoms with van der Waals surface area (Å²) in [5.41, 5.74) is -0.676. The highest BCUT2D eigenvalue weighted by Crippen LogP contribution is 2.26. The number of halogens is 1. The van der Waals surface area contributed by atoms with Gasteiger partial charge in [-0.15, -0.1) is 0 Å². The van der Waals surface area contributed by atoms with Crippen LogP contribution in [0, 0.1) is 10.1 Å². The largest absolute Gasteiger partial charge is 0.372 e. The van der Waals surface area contributed by atoms with E-state index in [0.717, 1.165) is 0 Å². The Balaban J connectivity index is 2.33. The molecule has 0 aromatic heterocycles. The van der Waals surface area contributed by atoms with E-state index < -0.39 is 16.4 Å². The molecule has 2 rings (SSSR count). The molecule has 20 heavy (non-hydrogen) atoms. The van der Waals surface area contributed by atoms with Crippen LogP contribution in [0.2, 0.25) is 5.02 Å². The van der Waals surface area contributed by atoms with E-state index in [4.69, 9.17) is 16.3 Å². The summed E-state index contributed by atoms with van der Waals surface area (Å²) in [4.78, 5) is 24.5. The van der Waals surface area contributed by atoms with Gasteiger partial charge in [0.25, 0.3) is 11.6 Å². The van der Waals surface area contributed by atoms with Crippen molar-refractivity contribution in [2.45, 2.75) is 19.4 Å². The second-order valence-corrected chi connectivity index (χ2v) is 5.69. The third-order valence-corrected chi connectivity index (χ3v) is 3.33. The third-order valence-electron chi connectivity index (χ3n) is 3.10. The van der Waals surface area contributed by atoms with Crippen LogP contribution in [0.5, 0.6) is 0 Å². The molecule has 1 heterocycles. The maximum absolute atomic E-state index is 12.5. The minimum atomic E-state index is -0.574. The van der Waals surface area contributed by atoms with Crippen LogP contribution in [0.15, 0.2) is 18.2 Å². The molecule has 1 aromatic carbocycles. The Morgan fingerprint density at radius 2 is 2.20 bits per heavy atom. The van der Waals surface area contributed by atoms with E-state index in [1.807, 2.05) is 13.8 Å². The van der Waals surface area contributed by atoms with Gasteiger partial charge in [0.05, 0.1) is 17.1 Å². The Morgan fingerprint density at radius 1 is 1.50 bits per heavy atom. The number of ether oxygens (including phenoxy) is 1. The molecule has 0 bridgehead atoms. The van der Waals surface area contributed by atoms with Gasteiger partial charge in [-0.25, -0.2) is 0 Å². The van der Waals surface area contributed by atoms with Crippen LogP contribution in [-0.2, 0) is 4.74 Å². The Bertz CT molecular complexity index is 559. The van der Waals surface area contributed by atoms with Crippen molar-refractivity contribution in [1.82, 2.24) is 4.90 Å². The molecular weight excluding hydrogens is 284 g/mol. The van der Waals surface area contributed by atoms with E-state index in [2.05, 4.69) is 0 Å². The average molecular weight is 299 g/mol. The molecule has 1 amide bonds. The van der Waals surface area contributed by atoms with Crippen molar-refractivity contribution < 1.29 is 14.5 Å². The summed E-state index contributed by atoms with van der Waals surface area (Å²) in [6.07, 6.45) is 0. The van der Waals surface area contributed by atoms with Gasteiger partial charge >= 0.3 is 0 Å². The van der Waals surface area contributed by atoms with Crippen molar-refractivity contribution in [3.63, 3.8) is 0 Å². The van der Waals surface area contributed by atoms with Crippen LogP contribution in [0.4, 0.5) is 5.69 Å². The fourth-order valence-corrected chi connectivity index (χ4v) is 2.37. The van der Waals surface area contributed by atoms with Crippen molar-refractivity contribution in [2.24, 2.45) is 0 Å². The van der Waals surface area contributed by atoms with Gasteiger partial charge in [0.1, 0.15) is 5.56 Å². The van der Waals surface area contributed by atoms with Crippen molar-refractivity contribution in [3.8, 4) is 0 Å². The van der Waals surface area contributed by atoms with E-state index in [1.54, 1.807) is 4.90 Å². The molecule has 0 spiro atoms. The van der Waals surface area contributed by atoms with Crippen LogP contribution in [0.25, 0.3) is 0 Å². The summed E-state index contributed by atoms with van der Waals surface area (Å²) in [7, 11) is 0. The zero-order valence-electron chi connectivity index (χ0n) is 11.3. The van der Waals surface area contributed by atoms with Crippen LogP contribution in [-0.4, -0.2) is 41.0 Å². The maximum atomic E-state index is 12.5. The number of nitro groups is 1. The lowest BCUT2D eigenvalue weighted by Crippen LogP contribution is -2.50. The van der Waals surface area contributed by atoms with Crippen molar-refractivity contribution in [1.29, 1.82) is 0 Å². The zero-order valence-corrected chi connectivity index (χ0v) is 12.0. The molecule has 108 valence electrons. The van der Waals surface area contributed by atoms with Crippen LogP contribution >= 0.6 is 11.6 Å². The highest BCUT2D eigenvalue weighted by molar-refractivity contribution is 6.31. The molecule has 0 aliphatic carbocycles. The predicted octanol–water partition coefficient (Wildman–Crippen LogP) is 2.50. The van der Waals surface area contributed by atoms with Crippen LogP contribution < -0.4 is 0 Å². The maximum Gasteiger partial charge on any atom is 0.282 e. The minimum Gasteiger partial charge on any atom is -0.372 e. The summed E-state index contributed by atoms with van der Waals surface area (Å²) >= 11 is 5.84. The van der Waals surface area contributed by atoms with Crippen molar-refractivity contribution >= 4 is 23.2 Å². The monoisotopic (exact) mass is 298 g/mol. The van der Waals surface area contributed by atoms with Crippen molar-refractivity contribution in [3.05, 3.63) is 38.9 Å². The van der Waals surface area contributed by atoms with Crippen LogP contribution in [0.1, 0.15) is 24.2 Å². The number of rotatable bonds is 2. The standard InChI is InChI=1S/C13H15ClN2O4/c1-13(2)8-15(5-6-20-13)12(17)10-7-9(14)3-4-11(10)16(18)19/h3-4,7H,5-6,8H2,1-2H3. The quantitative estimate of drug-likeness (QED) is 0.621. The first-order chi connectivity index (χ1) is 9.30. The molecule has 0 N–H and O–H groups in total. The van der Waals surface area contributed by atoms with E-state index in [1.165, 1.54) is 18.2 Å². The number of amides is 1. The van der Waals surface area contributed by atoms with Gasteiger partial charge in [-0.3, -0.25) is 14.9 Å². The number of nitro benzene ring substituents is 1. The first-order valence-electron chi connectivity index (χ1n) is 6.17. The highest BCUT2D eigenvalue weighted by atomic mass is 35.5. The first kappa shape index (κ1) is 14.7. The van der Waals surface area contributed by atoms with E-state index in [0.29, 0.717) is 24.7 Å². The molecule has 1 aromatic rings. The Morgan fingerprint density at radius 3 is 2.80 bits per heavy atom. The fourth-order valence-electron chi connectivity index (χ4n) is 2.20. The summed E-state index contributed by atoms with van der Waals surface area (Å²) in [6, 6.07) is 3.99. The van der Waals surface area contributed by atoms with E-state index in [9.17, 15) is 14.9 Å². The van der Waals surface area contributed by atoms with Gasteiger partial charge in [0.2, 0.25) is 0 Å². The summed E-state index contributed by atoms with van der Waals surface area (Å²) in [5.74, 6) is -0.393. The van der Waals surface area contributed by atoms with Gasteiger partial charge in [-0.05, 0) is 26.0 Å². The number of morpholine rings is 1.